The summed E-state index contributed by atoms with van der Waals surface area (Å²) in [5.74, 6) is -2.06. The molecule has 1 aliphatic rings. The fourth-order valence-corrected chi connectivity index (χ4v) is 6.96. The topological polar surface area (TPSA) is 92.8 Å². The van der Waals surface area contributed by atoms with Gasteiger partial charge in [-0.25, -0.2) is 17.6 Å². The van der Waals surface area contributed by atoms with Crippen LogP contribution in [0.2, 0.25) is 5.02 Å². The van der Waals surface area contributed by atoms with E-state index in [-0.39, 0.29) is 35.0 Å². The number of carbonyl (C=O) groups excluding carboxylic acids is 2. The van der Waals surface area contributed by atoms with E-state index in [4.69, 9.17) is 16.3 Å². The number of hydrogen-bond donors (Lipinski definition) is 1. The van der Waals surface area contributed by atoms with Crippen LogP contribution in [0.4, 0.5) is 10.1 Å². The van der Waals surface area contributed by atoms with E-state index in [0.717, 1.165) is 28.4 Å². The number of benzene rings is 3. The molecule has 1 saturated heterocycles. The first-order chi connectivity index (χ1) is 17.7. The molecule has 37 heavy (non-hydrogen) atoms. The quantitative estimate of drug-likeness (QED) is 0.317. The Kier molecular flexibility index (Phi) is 7.00. The van der Waals surface area contributed by atoms with Crippen molar-refractivity contribution in [2.45, 2.75) is 23.3 Å². The molecule has 1 atom stereocenters. The number of carbonyl (C=O) groups is 2. The van der Waals surface area contributed by atoms with Crippen LogP contribution in [-0.2, 0) is 26.2 Å². The fourth-order valence-electron chi connectivity index (χ4n) is 4.05. The summed E-state index contributed by atoms with van der Waals surface area (Å²) in [7, 11) is -3.99. The maximum Gasteiger partial charge on any atom is 0.338 e. The number of nitrogens with zero attached hydrogens (tertiary/aromatic N) is 1. The number of esters is 1. The zero-order chi connectivity index (χ0) is 26.2. The highest BCUT2D eigenvalue weighted by molar-refractivity contribution is 7.91. The number of nitrogens with one attached hydrogen (secondary N) is 1. The molecule has 3 aromatic carbocycles. The van der Waals surface area contributed by atoms with Crippen molar-refractivity contribution in [3.05, 3.63) is 94.8 Å². The molecule has 4 aromatic rings. The van der Waals surface area contributed by atoms with Gasteiger partial charge in [-0.2, -0.15) is 4.72 Å². The van der Waals surface area contributed by atoms with E-state index in [1.807, 2.05) is 18.2 Å². The molecule has 0 aliphatic carbocycles. The Bertz CT molecular complexity index is 1610. The van der Waals surface area contributed by atoms with Gasteiger partial charge in [0.25, 0.3) is 10.0 Å². The molecule has 2 heterocycles. The summed E-state index contributed by atoms with van der Waals surface area (Å²) in [6.45, 7) is 0.158. The van der Waals surface area contributed by atoms with Crippen molar-refractivity contribution in [3.63, 3.8) is 0 Å². The van der Waals surface area contributed by atoms with Gasteiger partial charge < -0.3 is 9.64 Å². The molecular formula is C26H20ClFN2O5S2. The van der Waals surface area contributed by atoms with Gasteiger partial charge in [0.2, 0.25) is 5.91 Å². The second-order valence-electron chi connectivity index (χ2n) is 8.43. The van der Waals surface area contributed by atoms with Crippen LogP contribution in [0.5, 0.6) is 0 Å². The van der Waals surface area contributed by atoms with Gasteiger partial charge >= 0.3 is 5.97 Å². The highest BCUT2D eigenvalue weighted by atomic mass is 35.5. The first-order valence-electron chi connectivity index (χ1n) is 11.2. The van der Waals surface area contributed by atoms with E-state index in [9.17, 15) is 22.4 Å². The lowest BCUT2D eigenvalue weighted by atomic mass is 10.2. The molecule has 1 unspecified atom stereocenters. The van der Waals surface area contributed by atoms with Gasteiger partial charge in [-0.15, -0.1) is 11.3 Å². The smallest absolute Gasteiger partial charge is 0.338 e. The standard InChI is InChI=1S/C26H20ClFN2O5S2/c27-19-8-6-17-13-24(36-23(17)14-19)37(33,34)29-21-10-11-30(25(21)31)22-9-7-18(12-20(22)28)26(32)35-15-16-4-2-1-3-5-16/h1-9,12-14,21,29H,10-11,15H2. The van der Waals surface area contributed by atoms with Crippen LogP contribution in [-0.4, -0.2) is 32.9 Å². The Morgan fingerprint density at radius 1 is 1.11 bits per heavy atom. The van der Waals surface area contributed by atoms with Crippen molar-refractivity contribution in [2.75, 3.05) is 11.4 Å². The minimum Gasteiger partial charge on any atom is -0.457 e. The van der Waals surface area contributed by atoms with E-state index in [1.54, 1.807) is 30.3 Å². The van der Waals surface area contributed by atoms with Crippen molar-refractivity contribution >= 4 is 60.6 Å². The summed E-state index contributed by atoms with van der Waals surface area (Å²) >= 11 is 7.03. The van der Waals surface area contributed by atoms with Gasteiger partial charge in [0.15, 0.2) is 0 Å². The minimum atomic E-state index is -3.99. The maximum atomic E-state index is 14.9. The SMILES string of the molecule is O=C(OCc1ccccc1)c1ccc(N2CCC(NS(=O)(=O)c3cc4ccc(Cl)cc4s3)C2=O)c(F)c1. The van der Waals surface area contributed by atoms with Crippen LogP contribution in [0, 0.1) is 5.82 Å². The first kappa shape index (κ1) is 25.3. The number of ether oxygens (including phenoxy) is 1. The molecule has 11 heteroatoms. The second-order valence-corrected chi connectivity index (χ2v) is 11.9. The summed E-state index contributed by atoms with van der Waals surface area (Å²) in [6.07, 6.45) is 0.162. The van der Waals surface area contributed by atoms with Crippen molar-refractivity contribution in [1.29, 1.82) is 0 Å². The van der Waals surface area contributed by atoms with E-state index in [0.29, 0.717) is 9.72 Å². The normalized spacial score (nSPS) is 15.9. The number of fused-ring (bicyclic) bond motifs is 1. The van der Waals surface area contributed by atoms with E-state index in [2.05, 4.69) is 4.72 Å². The van der Waals surface area contributed by atoms with Crippen molar-refractivity contribution in [1.82, 2.24) is 4.72 Å². The van der Waals surface area contributed by atoms with Crippen LogP contribution in [0.25, 0.3) is 10.1 Å². The van der Waals surface area contributed by atoms with Gasteiger partial charge in [0.1, 0.15) is 22.7 Å². The van der Waals surface area contributed by atoms with Gasteiger partial charge in [-0.1, -0.05) is 48.0 Å². The summed E-state index contributed by atoms with van der Waals surface area (Å²) in [5.41, 5.74) is 0.761. The number of sulfonamides is 1. The molecular weight excluding hydrogens is 539 g/mol. The summed E-state index contributed by atoms with van der Waals surface area (Å²) in [4.78, 5) is 26.5. The van der Waals surface area contributed by atoms with E-state index in [1.165, 1.54) is 23.1 Å². The van der Waals surface area contributed by atoms with Crippen molar-refractivity contribution in [2.24, 2.45) is 0 Å². The predicted octanol–water partition coefficient (Wildman–Crippen LogP) is 5.13. The summed E-state index contributed by atoms with van der Waals surface area (Å²) in [5, 5.41) is 1.21. The number of amides is 1. The number of rotatable bonds is 7. The fraction of sp³-hybridized carbons (Fsp3) is 0.154. The molecule has 0 radical (unpaired) electrons. The molecule has 1 amide bonds. The second kappa shape index (κ2) is 10.2. The Morgan fingerprint density at radius 3 is 2.65 bits per heavy atom. The molecule has 1 N–H and O–H groups in total. The molecule has 0 saturated carbocycles. The van der Waals surface area contributed by atoms with Gasteiger partial charge in [-0.05, 0) is 53.8 Å². The average molecular weight is 559 g/mol. The zero-order valence-electron chi connectivity index (χ0n) is 19.2. The lowest BCUT2D eigenvalue weighted by Gasteiger charge is -2.18. The molecule has 1 aromatic heterocycles. The van der Waals surface area contributed by atoms with Crippen LogP contribution >= 0.6 is 22.9 Å². The number of anilines is 1. The van der Waals surface area contributed by atoms with Crippen molar-refractivity contribution < 1.29 is 27.1 Å². The Balaban J connectivity index is 1.27. The Hall–Kier alpha value is -3.31. The zero-order valence-corrected chi connectivity index (χ0v) is 21.6. The third kappa shape index (κ3) is 5.37. The van der Waals surface area contributed by atoms with Crippen LogP contribution in [0.1, 0.15) is 22.3 Å². The minimum absolute atomic E-state index is 0.00550. The number of hydrogen-bond acceptors (Lipinski definition) is 6. The monoisotopic (exact) mass is 558 g/mol. The third-order valence-corrected chi connectivity index (χ3v) is 9.19. The average Bonchev–Trinajstić information content (AvgIpc) is 3.46. The van der Waals surface area contributed by atoms with Gasteiger partial charge in [-0.3, -0.25) is 4.79 Å². The third-order valence-electron chi connectivity index (χ3n) is 5.91. The molecule has 190 valence electrons. The summed E-state index contributed by atoms with van der Waals surface area (Å²) < 4.78 is 49.3. The lowest BCUT2D eigenvalue weighted by Crippen LogP contribution is -2.41. The van der Waals surface area contributed by atoms with Crippen LogP contribution in [0.15, 0.2) is 77.0 Å². The predicted molar refractivity (Wildman–Crippen MR) is 140 cm³/mol. The van der Waals surface area contributed by atoms with Crippen LogP contribution < -0.4 is 9.62 Å². The molecule has 0 bridgehead atoms. The maximum absolute atomic E-state index is 14.9. The van der Waals surface area contributed by atoms with E-state index < -0.39 is 33.8 Å². The lowest BCUT2D eigenvalue weighted by molar-refractivity contribution is -0.118. The highest BCUT2D eigenvalue weighted by Crippen LogP contribution is 2.32. The van der Waals surface area contributed by atoms with Gasteiger partial charge in [0.05, 0.1) is 11.3 Å². The van der Waals surface area contributed by atoms with Crippen molar-refractivity contribution in [3.8, 4) is 0 Å². The number of halogens is 2. The Morgan fingerprint density at radius 2 is 1.89 bits per heavy atom. The van der Waals surface area contributed by atoms with E-state index >= 15 is 0 Å². The molecule has 5 rings (SSSR count). The van der Waals surface area contributed by atoms with Crippen LogP contribution in [0.3, 0.4) is 0 Å². The first-order valence-corrected chi connectivity index (χ1v) is 13.9. The number of thiophene rings is 1. The largest absolute Gasteiger partial charge is 0.457 e. The van der Waals surface area contributed by atoms with Gasteiger partial charge in [0, 0.05) is 16.3 Å². The molecule has 1 fully saturated rings. The molecule has 0 spiro atoms. The highest BCUT2D eigenvalue weighted by Gasteiger charge is 2.37. The summed E-state index contributed by atoms with van der Waals surface area (Å²) in [6, 6.07) is 18.3. The molecule has 1 aliphatic heterocycles. The Labute approximate surface area is 221 Å². The molecule has 7 nitrogen and oxygen atoms in total.